The van der Waals surface area contributed by atoms with E-state index < -0.39 is 0 Å². The van der Waals surface area contributed by atoms with Gasteiger partial charge in [-0.3, -0.25) is 5.32 Å². The van der Waals surface area contributed by atoms with E-state index in [1.807, 2.05) is 0 Å². The average Bonchev–Trinajstić information content (AvgIpc) is 3.09. The monoisotopic (exact) mass is 391 g/mol. The predicted octanol–water partition coefficient (Wildman–Crippen LogP) is 3.68. The van der Waals surface area contributed by atoms with Gasteiger partial charge in [0.05, 0.1) is 14.2 Å². The number of methoxy groups -OCH3 is 2. The molecule has 146 valence electrons. The molecule has 0 aliphatic carbocycles. The summed E-state index contributed by atoms with van der Waals surface area (Å²) in [6.45, 7) is 6.44. The first-order valence-corrected chi connectivity index (χ1v) is 9.68. The first kappa shape index (κ1) is 19.2. The second-order valence-electron chi connectivity index (χ2n) is 6.89. The molecule has 0 saturated carbocycles. The number of carbonyl (C=O) groups is 1. The number of hydrogen-bond acceptors (Lipinski definition) is 7. The molecule has 8 nitrogen and oxygen atoms in total. The summed E-state index contributed by atoms with van der Waals surface area (Å²) in [6.07, 6.45) is 1.23. The van der Waals surface area contributed by atoms with Gasteiger partial charge in [-0.15, -0.1) is 10.2 Å². The van der Waals surface area contributed by atoms with Crippen LogP contribution in [0.4, 0.5) is 20.7 Å². The Morgan fingerprint density at radius 2 is 1.81 bits per heavy atom. The summed E-state index contributed by atoms with van der Waals surface area (Å²) in [5.41, 5.74) is 0.591. The Balaban J connectivity index is 1.61. The third-order valence-electron chi connectivity index (χ3n) is 4.42. The molecule has 1 aromatic heterocycles. The molecule has 2 aromatic rings. The van der Waals surface area contributed by atoms with Crippen molar-refractivity contribution < 1.29 is 14.3 Å². The van der Waals surface area contributed by atoms with Gasteiger partial charge >= 0.3 is 6.03 Å². The normalized spacial score (nSPS) is 19.5. The molecule has 2 atom stereocenters. The Labute approximate surface area is 162 Å². The van der Waals surface area contributed by atoms with Crippen molar-refractivity contribution in [3.05, 3.63) is 18.2 Å². The summed E-state index contributed by atoms with van der Waals surface area (Å²) in [5, 5.41) is 15.1. The van der Waals surface area contributed by atoms with Crippen molar-refractivity contribution >= 4 is 33.3 Å². The van der Waals surface area contributed by atoms with Crippen molar-refractivity contribution in [3.8, 4) is 11.5 Å². The summed E-state index contributed by atoms with van der Waals surface area (Å²) < 4.78 is 10.4. The number of ether oxygens (including phenoxy) is 2. The lowest BCUT2D eigenvalue weighted by Crippen LogP contribution is -2.38. The number of piperidine rings is 1. The van der Waals surface area contributed by atoms with Crippen LogP contribution in [0.3, 0.4) is 0 Å². The minimum absolute atomic E-state index is 0.384. The first-order chi connectivity index (χ1) is 13.0. The topological polar surface area (TPSA) is 88.6 Å². The van der Waals surface area contributed by atoms with Crippen LogP contribution < -0.4 is 25.0 Å². The Bertz CT molecular complexity index is 787. The van der Waals surface area contributed by atoms with Gasteiger partial charge in [0.2, 0.25) is 10.3 Å². The number of carbonyl (C=O) groups excluding carboxylic acids is 1. The van der Waals surface area contributed by atoms with Crippen LogP contribution in [-0.2, 0) is 0 Å². The Morgan fingerprint density at radius 3 is 2.48 bits per heavy atom. The number of urea groups is 1. The number of anilines is 3. The molecule has 2 N–H and O–H groups in total. The molecule has 2 heterocycles. The summed E-state index contributed by atoms with van der Waals surface area (Å²) >= 11 is 1.38. The molecule has 0 bridgehead atoms. The number of hydrogen-bond donors (Lipinski definition) is 2. The summed E-state index contributed by atoms with van der Waals surface area (Å²) in [6, 6.07) is 4.78. The second kappa shape index (κ2) is 8.43. The van der Waals surface area contributed by atoms with Gasteiger partial charge in [-0.05, 0) is 30.4 Å². The van der Waals surface area contributed by atoms with E-state index in [0.29, 0.717) is 34.2 Å². The zero-order valence-corrected chi connectivity index (χ0v) is 16.8. The van der Waals surface area contributed by atoms with Crippen LogP contribution in [0.15, 0.2) is 18.2 Å². The van der Waals surface area contributed by atoms with Crippen molar-refractivity contribution in [2.75, 3.05) is 42.8 Å². The molecule has 1 aliphatic heterocycles. The van der Waals surface area contributed by atoms with E-state index >= 15 is 0 Å². The third-order valence-corrected chi connectivity index (χ3v) is 5.32. The minimum atomic E-state index is -0.384. The largest absolute Gasteiger partial charge is 0.493 e. The SMILES string of the molecule is COc1ccc(NC(=O)Nc2nnc(N3CC(C)CC(C)C3)s2)cc1OC. The molecule has 9 heteroatoms. The van der Waals surface area contributed by atoms with E-state index in [2.05, 4.69) is 39.6 Å². The fourth-order valence-electron chi connectivity index (χ4n) is 3.39. The molecule has 1 saturated heterocycles. The van der Waals surface area contributed by atoms with Gasteiger partial charge in [0.1, 0.15) is 0 Å². The van der Waals surface area contributed by atoms with Gasteiger partial charge in [0.15, 0.2) is 11.5 Å². The number of rotatable bonds is 5. The van der Waals surface area contributed by atoms with Gasteiger partial charge in [-0.2, -0.15) is 0 Å². The lowest BCUT2D eigenvalue weighted by molar-refractivity contribution is 0.262. The Morgan fingerprint density at radius 1 is 1.11 bits per heavy atom. The quantitative estimate of drug-likeness (QED) is 0.808. The zero-order chi connectivity index (χ0) is 19.4. The van der Waals surface area contributed by atoms with E-state index in [1.165, 1.54) is 17.8 Å². The molecular formula is C18H25N5O3S. The summed E-state index contributed by atoms with van der Waals surface area (Å²) in [5.74, 6) is 2.40. The maximum absolute atomic E-state index is 12.3. The highest BCUT2D eigenvalue weighted by atomic mass is 32.1. The highest BCUT2D eigenvalue weighted by Crippen LogP contribution is 2.31. The molecule has 1 aromatic carbocycles. The highest BCUT2D eigenvalue weighted by molar-refractivity contribution is 7.19. The maximum atomic E-state index is 12.3. The van der Waals surface area contributed by atoms with Crippen molar-refractivity contribution in [3.63, 3.8) is 0 Å². The first-order valence-electron chi connectivity index (χ1n) is 8.87. The standard InChI is InChI=1S/C18H25N5O3S/c1-11-7-12(2)10-23(9-11)18-22-21-17(27-18)20-16(24)19-13-5-6-14(25-3)15(8-13)26-4/h5-6,8,11-12H,7,9-10H2,1-4H3,(H2,19,20,21,24). The Kier molecular flexibility index (Phi) is 6.00. The van der Waals surface area contributed by atoms with Gasteiger partial charge in [-0.1, -0.05) is 25.2 Å². The van der Waals surface area contributed by atoms with Crippen molar-refractivity contribution in [1.82, 2.24) is 10.2 Å². The highest BCUT2D eigenvalue weighted by Gasteiger charge is 2.24. The molecule has 27 heavy (non-hydrogen) atoms. The van der Waals surface area contributed by atoms with Gasteiger partial charge in [-0.25, -0.2) is 4.79 Å². The van der Waals surface area contributed by atoms with Gasteiger partial charge in [0, 0.05) is 24.8 Å². The van der Waals surface area contributed by atoms with E-state index in [4.69, 9.17) is 9.47 Å². The van der Waals surface area contributed by atoms with Crippen molar-refractivity contribution in [1.29, 1.82) is 0 Å². The van der Waals surface area contributed by atoms with Crippen LogP contribution in [0.5, 0.6) is 11.5 Å². The number of nitrogens with one attached hydrogen (secondary N) is 2. The lowest BCUT2D eigenvalue weighted by Gasteiger charge is -2.34. The lowest BCUT2D eigenvalue weighted by atomic mass is 9.92. The van der Waals surface area contributed by atoms with Crippen LogP contribution in [-0.4, -0.2) is 43.5 Å². The molecule has 2 unspecified atom stereocenters. The average molecular weight is 391 g/mol. The van der Waals surface area contributed by atoms with Crippen LogP contribution in [0.1, 0.15) is 20.3 Å². The maximum Gasteiger partial charge on any atom is 0.325 e. The fourth-order valence-corrected chi connectivity index (χ4v) is 4.14. The van der Waals surface area contributed by atoms with E-state index in [-0.39, 0.29) is 6.03 Å². The van der Waals surface area contributed by atoms with Crippen LogP contribution in [0.25, 0.3) is 0 Å². The summed E-state index contributed by atoms with van der Waals surface area (Å²) in [4.78, 5) is 14.5. The number of nitrogens with zero attached hydrogens (tertiary/aromatic N) is 3. The van der Waals surface area contributed by atoms with Crippen molar-refractivity contribution in [2.24, 2.45) is 11.8 Å². The molecule has 1 fully saturated rings. The molecule has 2 amide bonds. The van der Waals surface area contributed by atoms with Crippen molar-refractivity contribution in [2.45, 2.75) is 20.3 Å². The second-order valence-corrected chi connectivity index (χ2v) is 7.85. The molecule has 1 aliphatic rings. The Hall–Kier alpha value is -2.55. The van der Waals surface area contributed by atoms with Gasteiger partial charge < -0.3 is 19.7 Å². The number of benzene rings is 1. The minimum Gasteiger partial charge on any atom is -0.493 e. The molecule has 0 radical (unpaired) electrons. The third kappa shape index (κ3) is 4.79. The summed E-state index contributed by atoms with van der Waals surface area (Å²) in [7, 11) is 3.11. The van der Waals surface area contributed by atoms with E-state index in [1.54, 1.807) is 32.4 Å². The van der Waals surface area contributed by atoms with Gasteiger partial charge in [0.25, 0.3) is 0 Å². The van der Waals surface area contributed by atoms with Crippen LogP contribution in [0, 0.1) is 11.8 Å². The van der Waals surface area contributed by atoms with E-state index in [0.717, 1.165) is 18.2 Å². The fraction of sp³-hybridized carbons (Fsp3) is 0.500. The predicted molar refractivity (Wildman–Crippen MR) is 107 cm³/mol. The molecule has 0 spiro atoms. The van der Waals surface area contributed by atoms with Crippen LogP contribution >= 0.6 is 11.3 Å². The van der Waals surface area contributed by atoms with E-state index in [9.17, 15) is 4.79 Å². The molecular weight excluding hydrogens is 366 g/mol. The van der Waals surface area contributed by atoms with Crippen LogP contribution in [0.2, 0.25) is 0 Å². The number of amides is 2. The molecule has 3 rings (SSSR count). The smallest absolute Gasteiger partial charge is 0.325 e. The number of aromatic nitrogens is 2. The zero-order valence-electron chi connectivity index (χ0n) is 16.0.